The molecule has 0 fully saturated rings. The molecule has 0 bridgehead atoms. The number of carboxylic acids is 1. The number of aromatic carboxylic acids is 1. The standard InChI is InChI=1S/C35H35ClN8O5/c1-20(2)31-28(30(34(46)47)41-44(31)27-17-38-35(42(3)4)40-32(27)49-6)29(23-11-7-21(16-37)8-12-23)39-26-15-24(36)19-43(33(26)45)18-22-9-13-25(48-5)14-10-22/h7-15,17,19-20,29,39H,18H2,1-6H3,(H,46,47). The minimum absolute atomic E-state index is 0.130. The van der Waals surface area contributed by atoms with Gasteiger partial charge in [-0.15, -0.1) is 0 Å². The van der Waals surface area contributed by atoms with Crippen LogP contribution in [0.3, 0.4) is 0 Å². The number of carboxylic acid groups (broad SMARTS) is 1. The zero-order chi connectivity index (χ0) is 35.4. The summed E-state index contributed by atoms with van der Waals surface area (Å²) in [6, 6.07) is 16.7. The Kier molecular flexibility index (Phi) is 10.2. The minimum atomic E-state index is -1.29. The largest absolute Gasteiger partial charge is 0.497 e. The topological polar surface area (TPSA) is 160 Å². The van der Waals surface area contributed by atoms with E-state index in [0.29, 0.717) is 39.8 Å². The monoisotopic (exact) mass is 682 g/mol. The summed E-state index contributed by atoms with van der Waals surface area (Å²) in [4.78, 5) is 37.5. The third kappa shape index (κ3) is 7.19. The smallest absolute Gasteiger partial charge is 0.356 e. The molecule has 0 saturated carbocycles. The van der Waals surface area contributed by atoms with Crippen LogP contribution in [0.4, 0.5) is 11.6 Å². The summed E-state index contributed by atoms with van der Waals surface area (Å²) in [5, 5.41) is 28.2. The predicted molar refractivity (Wildman–Crippen MR) is 186 cm³/mol. The van der Waals surface area contributed by atoms with Gasteiger partial charge in [0.15, 0.2) is 5.69 Å². The van der Waals surface area contributed by atoms with Gasteiger partial charge in [-0.2, -0.15) is 15.3 Å². The molecule has 252 valence electrons. The van der Waals surface area contributed by atoms with Crippen molar-refractivity contribution < 1.29 is 19.4 Å². The first-order valence-corrected chi connectivity index (χ1v) is 15.6. The Bertz CT molecular complexity index is 2080. The molecule has 5 aromatic rings. The molecule has 0 spiro atoms. The fraction of sp³-hybridized carbons (Fsp3) is 0.257. The molecule has 13 nitrogen and oxygen atoms in total. The molecular weight excluding hydrogens is 648 g/mol. The van der Waals surface area contributed by atoms with Gasteiger partial charge in [0.1, 0.15) is 17.1 Å². The maximum Gasteiger partial charge on any atom is 0.356 e. The van der Waals surface area contributed by atoms with E-state index in [2.05, 4.69) is 26.5 Å². The lowest BCUT2D eigenvalue weighted by atomic mass is 9.91. The molecular formula is C35H35ClN8O5. The second-order valence-corrected chi connectivity index (χ2v) is 12.1. The molecule has 14 heteroatoms. The highest BCUT2D eigenvalue weighted by Gasteiger charge is 2.33. The molecule has 2 N–H and O–H groups in total. The second kappa shape index (κ2) is 14.5. The van der Waals surface area contributed by atoms with Crippen LogP contribution in [0.5, 0.6) is 11.6 Å². The number of rotatable bonds is 12. The van der Waals surface area contributed by atoms with Crippen LogP contribution in [-0.4, -0.2) is 63.7 Å². The van der Waals surface area contributed by atoms with E-state index in [1.54, 1.807) is 68.7 Å². The molecule has 0 saturated heterocycles. The van der Waals surface area contributed by atoms with Gasteiger partial charge in [0.05, 0.1) is 55.4 Å². The zero-order valence-corrected chi connectivity index (χ0v) is 28.6. The van der Waals surface area contributed by atoms with Crippen LogP contribution in [0.15, 0.2) is 71.8 Å². The van der Waals surface area contributed by atoms with Crippen LogP contribution >= 0.6 is 11.6 Å². The van der Waals surface area contributed by atoms with Crippen molar-refractivity contribution in [2.24, 2.45) is 0 Å². The maximum atomic E-state index is 14.0. The molecule has 1 unspecified atom stereocenters. The molecule has 0 amide bonds. The molecule has 0 aliphatic carbocycles. The van der Waals surface area contributed by atoms with Crippen LogP contribution in [0.1, 0.15) is 64.2 Å². The van der Waals surface area contributed by atoms with E-state index in [1.807, 2.05) is 26.0 Å². The second-order valence-electron chi connectivity index (χ2n) is 11.6. The first kappa shape index (κ1) is 34.5. The van der Waals surface area contributed by atoms with E-state index >= 15 is 0 Å². The van der Waals surface area contributed by atoms with Crippen molar-refractivity contribution in [3.8, 4) is 23.4 Å². The van der Waals surface area contributed by atoms with Crippen LogP contribution in [-0.2, 0) is 6.54 Å². The molecule has 3 heterocycles. The van der Waals surface area contributed by atoms with E-state index in [-0.39, 0.29) is 40.3 Å². The van der Waals surface area contributed by atoms with Crippen molar-refractivity contribution in [3.05, 3.63) is 116 Å². The quantitative estimate of drug-likeness (QED) is 0.171. The number of methoxy groups -OCH3 is 2. The summed E-state index contributed by atoms with van der Waals surface area (Å²) in [5.41, 5.74) is 2.45. The molecule has 5 rings (SSSR count). The SMILES string of the molecule is COc1ccc(Cn2cc(Cl)cc(NC(c3ccc(C#N)cc3)c3c(C(=O)O)nn(-c4cnc(N(C)C)nc4OC)c3C(C)C)c2=O)cc1. The lowest BCUT2D eigenvalue weighted by Gasteiger charge is -2.24. The Morgan fingerprint density at radius 2 is 1.80 bits per heavy atom. The molecule has 2 aromatic carbocycles. The number of benzene rings is 2. The van der Waals surface area contributed by atoms with E-state index < -0.39 is 12.0 Å². The molecule has 0 aliphatic heterocycles. The number of hydrogen-bond acceptors (Lipinski definition) is 10. The fourth-order valence-electron chi connectivity index (χ4n) is 5.46. The van der Waals surface area contributed by atoms with Gasteiger partial charge in [0.2, 0.25) is 11.8 Å². The van der Waals surface area contributed by atoms with Crippen molar-refractivity contribution in [1.82, 2.24) is 24.3 Å². The third-order valence-electron chi connectivity index (χ3n) is 7.78. The van der Waals surface area contributed by atoms with Crippen molar-refractivity contribution in [2.75, 3.05) is 38.5 Å². The van der Waals surface area contributed by atoms with Crippen LogP contribution in [0.2, 0.25) is 5.02 Å². The van der Waals surface area contributed by atoms with E-state index in [0.717, 1.165) is 5.56 Å². The lowest BCUT2D eigenvalue weighted by Crippen LogP contribution is -2.27. The summed E-state index contributed by atoms with van der Waals surface area (Å²) in [7, 11) is 6.61. The van der Waals surface area contributed by atoms with Crippen LogP contribution < -0.4 is 25.2 Å². The molecule has 1 atom stereocenters. The number of halogens is 1. The fourth-order valence-corrected chi connectivity index (χ4v) is 5.69. The van der Waals surface area contributed by atoms with Crippen molar-refractivity contribution in [2.45, 2.75) is 32.4 Å². The summed E-state index contributed by atoms with van der Waals surface area (Å²) in [6.07, 6.45) is 3.06. The first-order chi connectivity index (χ1) is 23.4. The van der Waals surface area contributed by atoms with Gasteiger partial charge in [-0.1, -0.05) is 49.7 Å². The summed E-state index contributed by atoms with van der Waals surface area (Å²) in [5.74, 6) is -0.317. The summed E-state index contributed by atoms with van der Waals surface area (Å²) in [6.45, 7) is 4.03. The minimum Gasteiger partial charge on any atom is -0.497 e. The van der Waals surface area contributed by atoms with Crippen molar-refractivity contribution in [3.63, 3.8) is 0 Å². The van der Waals surface area contributed by atoms with Crippen LogP contribution in [0.25, 0.3) is 5.69 Å². The number of carbonyl (C=O) groups is 1. The number of hydrogen-bond donors (Lipinski definition) is 2. The number of pyridine rings is 1. The molecule has 49 heavy (non-hydrogen) atoms. The number of nitrogens with one attached hydrogen (secondary N) is 1. The normalized spacial score (nSPS) is 11.6. The average Bonchev–Trinajstić information content (AvgIpc) is 3.50. The highest BCUT2D eigenvalue weighted by Crippen LogP contribution is 2.38. The van der Waals surface area contributed by atoms with Gasteiger partial charge < -0.3 is 29.4 Å². The number of nitrogens with zero attached hydrogens (tertiary/aromatic N) is 7. The lowest BCUT2D eigenvalue weighted by molar-refractivity contribution is 0.0688. The van der Waals surface area contributed by atoms with Crippen molar-refractivity contribution >= 4 is 29.2 Å². The Labute approximate surface area is 288 Å². The van der Waals surface area contributed by atoms with Gasteiger partial charge in [0.25, 0.3) is 5.56 Å². The van der Waals surface area contributed by atoms with E-state index in [9.17, 15) is 20.0 Å². The van der Waals surface area contributed by atoms with Gasteiger partial charge in [0, 0.05) is 25.9 Å². The number of aromatic nitrogens is 5. The summed E-state index contributed by atoms with van der Waals surface area (Å²) < 4.78 is 13.8. The number of ether oxygens (including phenoxy) is 2. The Hall–Kier alpha value is -5.87. The average molecular weight is 683 g/mol. The molecule has 0 aliphatic rings. The van der Waals surface area contributed by atoms with E-state index in [1.165, 1.54) is 28.6 Å². The Morgan fingerprint density at radius 3 is 2.37 bits per heavy atom. The van der Waals surface area contributed by atoms with Crippen molar-refractivity contribution in [1.29, 1.82) is 5.26 Å². The molecule has 3 aromatic heterocycles. The first-order valence-electron chi connectivity index (χ1n) is 15.2. The molecule has 0 radical (unpaired) electrons. The summed E-state index contributed by atoms with van der Waals surface area (Å²) >= 11 is 6.57. The van der Waals surface area contributed by atoms with Gasteiger partial charge in [-0.05, 0) is 47.4 Å². The number of nitriles is 1. The third-order valence-corrected chi connectivity index (χ3v) is 7.99. The van der Waals surface area contributed by atoms with E-state index in [4.69, 9.17) is 21.1 Å². The zero-order valence-electron chi connectivity index (χ0n) is 27.8. The Balaban J connectivity index is 1.72. The maximum absolute atomic E-state index is 14.0. The highest BCUT2D eigenvalue weighted by atomic mass is 35.5. The van der Waals surface area contributed by atoms with Gasteiger partial charge in [-0.25, -0.2) is 14.5 Å². The Morgan fingerprint density at radius 1 is 1.10 bits per heavy atom. The highest BCUT2D eigenvalue weighted by molar-refractivity contribution is 6.30. The van der Waals surface area contributed by atoms with Gasteiger partial charge in [-0.3, -0.25) is 4.79 Å². The van der Waals surface area contributed by atoms with Gasteiger partial charge >= 0.3 is 5.97 Å². The predicted octanol–water partition coefficient (Wildman–Crippen LogP) is 5.50. The number of anilines is 2. The van der Waals surface area contributed by atoms with Crippen LogP contribution in [0, 0.1) is 11.3 Å².